The van der Waals surface area contributed by atoms with E-state index in [9.17, 15) is 14.9 Å². The maximum Gasteiger partial charge on any atom is 0.269 e. The lowest BCUT2D eigenvalue weighted by molar-refractivity contribution is -0.384. The molecule has 1 aromatic rings. The van der Waals surface area contributed by atoms with Crippen molar-refractivity contribution in [3.05, 3.63) is 39.9 Å². The second-order valence-corrected chi connectivity index (χ2v) is 3.72. The standard InChI is InChI=1S/C11H11NO4/c13-7-11-10(5-6-16-11)8-1-3-9(4-2-8)12(14)15/h1-4,7,10-11H,5-6H2. The quantitative estimate of drug-likeness (QED) is 0.442. The lowest BCUT2D eigenvalue weighted by Crippen LogP contribution is -2.15. The van der Waals surface area contributed by atoms with E-state index in [1.807, 2.05) is 0 Å². The number of non-ortho nitro benzene ring substituents is 1. The van der Waals surface area contributed by atoms with Crippen LogP contribution in [0.15, 0.2) is 24.3 Å². The molecule has 1 saturated heterocycles. The molecule has 5 nitrogen and oxygen atoms in total. The van der Waals surface area contributed by atoms with E-state index >= 15 is 0 Å². The highest BCUT2D eigenvalue weighted by molar-refractivity contribution is 5.59. The van der Waals surface area contributed by atoms with Crippen molar-refractivity contribution in [2.75, 3.05) is 6.61 Å². The van der Waals surface area contributed by atoms with Gasteiger partial charge in [0, 0.05) is 24.7 Å². The summed E-state index contributed by atoms with van der Waals surface area (Å²) in [5.41, 5.74) is 0.977. The molecule has 5 heteroatoms. The van der Waals surface area contributed by atoms with Crippen LogP contribution >= 0.6 is 0 Å². The molecule has 2 rings (SSSR count). The van der Waals surface area contributed by atoms with E-state index in [2.05, 4.69) is 0 Å². The van der Waals surface area contributed by atoms with E-state index in [0.29, 0.717) is 6.61 Å². The van der Waals surface area contributed by atoms with E-state index in [0.717, 1.165) is 18.3 Å². The zero-order valence-electron chi connectivity index (χ0n) is 8.54. The number of nitrogens with zero attached hydrogens (tertiary/aromatic N) is 1. The molecule has 1 fully saturated rings. The maximum atomic E-state index is 10.7. The number of ether oxygens (including phenoxy) is 1. The molecule has 0 N–H and O–H groups in total. The van der Waals surface area contributed by atoms with E-state index in [1.165, 1.54) is 12.1 Å². The number of hydrogen-bond donors (Lipinski definition) is 0. The second kappa shape index (κ2) is 4.40. The van der Waals surface area contributed by atoms with Gasteiger partial charge in [-0.1, -0.05) is 12.1 Å². The lowest BCUT2D eigenvalue weighted by atomic mass is 9.93. The number of carbonyl (C=O) groups excluding carboxylic acids is 1. The fourth-order valence-corrected chi connectivity index (χ4v) is 1.95. The zero-order chi connectivity index (χ0) is 11.5. The molecular weight excluding hydrogens is 210 g/mol. The smallest absolute Gasteiger partial charge is 0.269 e. The topological polar surface area (TPSA) is 69.4 Å². The largest absolute Gasteiger partial charge is 0.370 e. The normalized spacial score (nSPS) is 24.2. The van der Waals surface area contributed by atoms with Crippen LogP contribution in [0.1, 0.15) is 17.9 Å². The molecule has 0 aromatic heterocycles. The molecule has 0 radical (unpaired) electrons. The predicted octanol–water partition coefficient (Wildman–Crippen LogP) is 1.67. The average molecular weight is 221 g/mol. The van der Waals surface area contributed by atoms with E-state index in [1.54, 1.807) is 12.1 Å². The van der Waals surface area contributed by atoms with Crippen LogP contribution in [0.25, 0.3) is 0 Å². The number of nitro benzene ring substituents is 1. The number of nitro groups is 1. The third kappa shape index (κ3) is 1.94. The Labute approximate surface area is 92.2 Å². The summed E-state index contributed by atoms with van der Waals surface area (Å²) in [6.45, 7) is 0.561. The van der Waals surface area contributed by atoms with Crippen LogP contribution in [0.2, 0.25) is 0 Å². The minimum Gasteiger partial charge on any atom is -0.370 e. The van der Waals surface area contributed by atoms with Gasteiger partial charge in [0.25, 0.3) is 5.69 Å². The van der Waals surface area contributed by atoms with Gasteiger partial charge < -0.3 is 9.53 Å². The van der Waals surface area contributed by atoms with Crippen molar-refractivity contribution in [1.82, 2.24) is 0 Å². The molecule has 16 heavy (non-hydrogen) atoms. The highest BCUT2D eigenvalue weighted by atomic mass is 16.6. The molecule has 1 aliphatic rings. The lowest BCUT2D eigenvalue weighted by Gasteiger charge is -2.12. The van der Waals surface area contributed by atoms with E-state index < -0.39 is 11.0 Å². The molecule has 0 amide bonds. The zero-order valence-corrected chi connectivity index (χ0v) is 8.54. The van der Waals surface area contributed by atoms with Gasteiger partial charge >= 0.3 is 0 Å². The Morgan fingerprint density at radius 1 is 1.38 bits per heavy atom. The molecule has 0 saturated carbocycles. The Morgan fingerprint density at radius 2 is 2.06 bits per heavy atom. The van der Waals surface area contributed by atoms with Crippen LogP contribution in [0.5, 0.6) is 0 Å². The van der Waals surface area contributed by atoms with Crippen LogP contribution < -0.4 is 0 Å². The first-order valence-electron chi connectivity index (χ1n) is 5.03. The van der Waals surface area contributed by atoms with Gasteiger partial charge in [0.05, 0.1) is 4.92 Å². The minimum absolute atomic E-state index is 0.0262. The average Bonchev–Trinajstić information content (AvgIpc) is 2.77. The fraction of sp³-hybridized carbons (Fsp3) is 0.364. The first-order chi connectivity index (χ1) is 7.72. The summed E-state index contributed by atoms with van der Waals surface area (Å²) < 4.78 is 5.24. The molecule has 1 aromatic carbocycles. The molecule has 0 aliphatic carbocycles. The van der Waals surface area contributed by atoms with Crippen LogP contribution in [-0.2, 0) is 9.53 Å². The predicted molar refractivity (Wildman–Crippen MR) is 56.3 cm³/mol. The van der Waals surface area contributed by atoms with E-state index in [4.69, 9.17) is 4.74 Å². The summed E-state index contributed by atoms with van der Waals surface area (Å²) in [6, 6.07) is 6.28. The molecule has 1 aliphatic heterocycles. The molecule has 2 unspecified atom stereocenters. The highest BCUT2D eigenvalue weighted by Gasteiger charge is 2.29. The highest BCUT2D eigenvalue weighted by Crippen LogP contribution is 2.31. The maximum absolute atomic E-state index is 10.7. The van der Waals surface area contributed by atoms with E-state index in [-0.39, 0.29) is 11.6 Å². The van der Waals surface area contributed by atoms with Crippen molar-refractivity contribution < 1.29 is 14.5 Å². The van der Waals surface area contributed by atoms with Crippen molar-refractivity contribution in [2.24, 2.45) is 0 Å². The SMILES string of the molecule is O=CC1OCCC1c1ccc([N+](=O)[O-])cc1. The summed E-state index contributed by atoms with van der Waals surface area (Å²) in [5.74, 6) is 0.0262. The van der Waals surface area contributed by atoms with Gasteiger partial charge in [0.2, 0.25) is 0 Å². The molecule has 0 bridgehead atoms. The van der Waals surface area contributed by atoms with Gasteiger partial charge in [-0.2, -0.15) is 0 Å². The number of hydrogen-bond acceptors (Lipinski definition) is 4. The van der Waals surface area contributed by atoms with Crippen LogP contribution in [0.4, 0.5) is 5.69 Å². The van der Waals surface area contributed by atoms with Gasteiger partial charge in [0.15, 0.2) is 0 Å². The molecule has 84 valence electrons. The van der Waals surface area contributed by atoms with Crippen LogP contribution in [0.3, 0.4) is 0 Å². The summed E-state index contributed by atoms with van der Waals surface area (Å²) in [4.78, 5) is 20.8. The Morgan fingerprint density at radius 3 is 2.62 bits per heavy atom. The molecule has 0 spiro atoms. The minimum atomic E-state index is -0.438. The van der Waals surface area contributed by atoms with Crippen molar-refractivity contribution >= 4 is 12.0 Å². The van der Waals surface area contributed by atoms with Gasteiger partial charge in [-0.3, -0.25) is 10.1 Å². The van der Waals surface area contributed by atoms with Crippen molar-refractivity contribution in [3.8, 4) is 0 Å². The molecule has 1 heterocycles. The van der Waals surface area contributed by atoms with Crippen molar-refractivity contribution in [3.63, 3.8) is 0 Å². The van der Waals surface area contributed by atoms with Crippen LogP contribution in [-0.4, -0.2) is 23.9 Å². The number of aldehydes is 1. The number of carbonyl (C=O) groups is 1. The number of benzene rings is 1. The monoisotopic (exact) mass is 221 g/mol. The Balaban J connectivity index is 2.21. The third-order valence-corrected chi connectivity index (χ3v) is 2.80. The first-order valence-corrected chi connectivity index (χ1v) is 5.03. The summed E-state index contributed by atoms with van der Waals surface area (Å²) >= 11 is 0. The molecule has 2 atom stereocenters. The number of rotatable bonds is 3. The third-order valence-electron chi connectivity index (χ3n) is 2.80. The van der Waals surface area contributed by atoms with Gasteiger partial charge in [-0.15, -0.1) is 0 Å². The Kier molecular flexibility index (Phi) is 2.96. The summed E-state index contributed by atoms with van der Waals surface area (Å²) in [7, 11) is 0. The van der Waals surface area contributed by atoms with Gasteiger partial charge in [-0.25, -0.2) is 0 Å². The van der Waals surface area contributed by atoms with Crippen LogP contribution in [0, 0.1) is 10.1 Å². The Hall–Kier alpha value is -1.75. The van der Waals surface area contributed by atoms with Crippen molar-refractivity contribution in [2.45, 2.75) is 18.4 Å². The van der Waals surface area contributed by atoms with Gasteiger partial charge in [-0.05, 0) is 12.0 Å². The van der Waals surface area contributed by atoms with Gasteiger partial charge in [0.1, 0.15) is 12.4 Å². The summed E-state index contributed by atoms with van der Waals surface area (Å²) in [5, 5.41) is 10.5. The summed E-state index contributed by atoms with van der Waals surface area (Å²) in [6.07, 6.45) is 1.15. The Bertz CT molecular complexity index is 401. The second-order valence-electron chi connectivity index (χ2n) is 3.72. The van der Waals surface area contributed by atoms with Crippen molar-refractivity contribution in [1.29, 1.82) is 0 Å². The first kappa shape index (κ1) is 10.8. The fourth-order valence-electron chi connectivity index (χ4n) is 1.95. The molecular formula is C11H11NO4.